The number of carbonyl (C=O) groups is 2. The van der Waals surface area contributed by atoms with Gasteiger partial charge >= 0.3 is 11.9 Å². The van der Waals surface area contributed by atoms with Gasteiger partial charge in [0.25, 0.3) is 0 Å². The first-order valence-corrected chi connectivity index (χ1v) is 15.3. The van der Waals surface area contributed by atoms with Crippen LogP contribution in [0.3, 0.4) is 0 Å². The molecule has 0 spiro atoms. The Bertz CT molecular complexity index is 699. The lowest BCUT2D eigenvalue weighted by molar-refractivity contribution is -0.147. The molecule has 0 saturated carbocycles. The van der Waals surface area contributed by atoms with E-state index in [4.69, 9.17) is 9.84 Å². The number of unbranched alkanes of at least 4 members (excludes halogenated alkanes) is 9. The second-order valence-corrected chi connectivity index (χ2v) is 9.90. The molecule has 0 aromatic carbocycles. The number of carboxylic acid groups (broad SMARTS) is 1. The highest BCUT2D eigenvalue weighted by atomic mass is 16.5. The summed E-state index contributed by atoms with van der Waals surface area (Å²) in [6.45, 7) is 4.36. The number of esters is 1. The standard InChI is InChI=1S/C34H56O4/c1-3-5-7-9-11-13-15-17-19-21-24-28-32(29-25-23-26-30-33(35)36)38-34(37)31-27-22-20-18-16-14-12-10-8-6-4-2/h5,7,10-13,17,19,24,28,32H,3-4,6,8-9,14-16,18,20-23,25-27,29-31H2,1-2H3,(H,35,36)/b7-5-,12-10-,13-11-,19-17-,28-24-. The summed E-state index contributed by atoms with van der Waals surface area (Å²) in [7, 11) is 0. The van der Waals surface area contributed by atoms with Crippen molar-refractivity contribution in [3.63, 3.8) is 0 Å². The van der Waals surface area contributed by atoms with Crippen molar-refractivity contribution >= 4 is 11.9 Å². The van der Waals surface area contributed by atoms with E-state index in [0.717, 1.165) is 64.2 Å². The van der Waals surface area contributed by atoms with Crippen molar-refractivity contribution in [1.82, 2.24) is 0 Å². The molecule has 1 N–H and O–H groups in total. The molecule has 0 aromatic rings. The van der Waals surface area contributed by atoms with E-state index in [-0.39, 0.29) is 18.5 Å². The summed E-state index contributed by atoms with van der Waals surface area (Å²) in [4.78, 5) is 23.1. The lowest BCUT2D eigenvalue weighted by Crippen LogP contribution is -2.16. The molecule has 0 aliphatic heterocycles. The molecule has 0 rings (SSSR count). The van der Waals surface area contributed by atoms with Gasteiger partial charge in [-0.1, -0.05) is 107 Å². The molecular formula is C34H56O4. The van der Waals surface area contributed by atoms with Gasteiger partial charge in [-0.3, -0.25) is 9.59 Å². The Labute approximate surface area is 234 Å². The zero-order valence-corrected chi connectivity index (χ0v) is 24.5. The van der Waals surface area contributed by atoms with Gasteiger partial charge in [0.05, 0.1) is 0 Å². The predicted molar refractivity (Wildman–Crippen MR) is 162 cm³/mol. The Hall–Kier alpha value is -2.36. The number of rotatable bonds is 26. The second-order valence-electron chi connectivity index (χ2n) is 9.90. The number of ether oxygens (including phenoxy) is 1. The minimum atomic E-state index is -0.754. The van der Waals surface area contributed by atoms with Gasteiger partial charge in [0.15, 0.2) is 0 Å². The molecule has 4 nitrogen and oxygen atoms in total. The van der Waals surface area contributed by atoms with Gasteiger partial charge in [-0.15, -0.1) is 0 Å². The summed E-state index contributed by atoms with van der Waals surface area (Å²) in [5.41, 5.74) is 0. The summed E-state index contributed by atoms with van der Waals surface area (Å²) in [6.07, 6.45) is 39.5. The largest absolute Gasteiger partial charge is 0.481 e. The predicted octanol–water partition coefficient (Wildman–Crippen LogP) is 10.2. The van der Waals surface area contributed by atoms with Gasteiger partial charge in [0.2, 0.25) is 0 Å². The van der Waals surface area contributed by atoms with Gasteiger partial charge in [-0.25, -0.2) is 0 Å². The van der Waals surface area contributed by atoms with Crippen molar-refractivity contribution in [3.8, 4) is 0 Å². The third kappa shape index (κ3) is 28.2. The average Bonchev–Trinajstić information content (AvgIpc) is 2.89. The van der Waals surface area contributed by atoms with E-state index in [1.807, 2.05) is 6.08 Å². The summed E-state index contributed by atoms with van der Waals surface area (Å²) < 4.78 is 5.77. The van der Waals surface area contributed by atoms with Crippen molar-refractivity contribution < 1.29 is 19.4 Å². The van der Waals surface area contributed by atoms with Crippen LogP contribution in [0.1, 0.15) is 136 Å². The van der Waals surface area contributed by atoms with E-state index >= 15 is 0 Å². The summed E-state index contributed by atoms with van der Waals surface area (Å²) in [6, 6.07) is 0. The molecule has 0 aliphatic carbocycles. The topological polar surface area (TPSA) is 63.6 Å². The third-order valence-electron chi connectivity index (χ3n) is 6.21. The fraction of sp³-hybridized carbons (Fsp3) is 0.647. The molecule has 0 radical (unpaired) electrons. The van der Waals surface area contributed by atoms with Crippen LogP contribution >= 0.6 is 0 Å². The molecule has 0 saturated heterocycles. The van der Waals surface area contributed by atoms with E-state index in [2.05, 4.69) is 68.5 Å². The lowest BCUT2D eigenvalue weighted by Gasteiger charge is -2.14. The average molecular weight is 529 g/mol. The normalized spacial score (nSPS) is 13.1. The molecule has 0 fully saturated rings. The molecule has 0 aromatic heterocycles. The first kappa shape index (κ1) is 35.6. The minimum absolute atomic E-state index is 0.123. The van der Waals surface area contributed by atoms with Crippen LogP contribution in [0.5, 0.6) is 0 Å². The second kappa shape index (κ2) is 29.2. The zero-order chi connectivity index (χ0) is 27.9. The number of hydrogen-bond acceptors (Lipinski definition) is 3. The highest BCUT2D eigenvalue weighted by Gasteiger charge is 2.11. The fourth-order valence-corrected chi connectivity index (χ4v) is 3.95. The van der Waals surface area contributed by atoms with Crippen LogP contribution in [-0.4, -0.2) is 23.1 Å². The van der Waals surface area contributed by atoms with Crippen molar-refractivity contribution in [1.29, 1.82) is 0 Å². The zero-order valence-electron chi connectivity index (χ0n) is 24.5. The number of aliphatic carboxylic acids is 1. The van der Waals surface area contributed by atoms with Gasteiger partial charge in [-0.05, 0) is 76.7 Å². The van der Waals surface area contributed by atoms with Crippen LogP contribution in [0.4, 0.5) is 0 Å². The van der Waals surface area contributed by atoms with Crippen LogP contribution in [-0.2, 0) is 14.3 Å². The molecule has 4 heteroatoms. The quantitative estimate of drug-likeness (QED) is 0.0689. The first-order valence-electron chi connectivity index (χ1n) is 15.3. The van der Waals surface area contributed by atoms with Crippen LogP contribution in [0.2, 0.25) is 0 Å². The van der Waals surface area contributed by atoms with E-state index in [1.165, 1.54) is 38.5 Å². The molecule has 1 atom stereocenters. The smallest absolute Gasteiger partial charge is 0.306 e. The molecule has 0 aliphatic rings. The van der Waals surface area contributed by atoms with E-state index in [9.17, 15) is 9.59 Å². The number of allylic oxidation sites excluding steroid dienone is 9. The maximum Gasteiger partial charge on any atom is 0.306 e. The highest BCUT2D eigenvalue weighted by Crippen LogP contribution is 2.14. The Morgan fingerprint density at radius 2 is 1.18 bits per heavy atom. The molecular weight excluding hydrogens is 472 g/mol. The lowest BCUT2D eigenvalue weighted by atomic mass is 10.1. The number of carbonyl (C=O) groups excluding carboxylic acids is 1. The molecule has 216 valence electrons. The molecule has 1 unspecified atom stereocenters. The molecule has 0 bridgehead atoms. The van der Waals surface area contributed by atoms with E-state index in [0.29, 0.717) is 12.8 Å². The van der Waals surface area contributed by atoms with Crippen LogP contribution in [0, 0.1) is 0 Å². The van der Waals surface area contributed by atoms with E-state index in [1.54, 1.807) is 0 Å². The van der Waals surface area contributed by atoms with Gasteiger partial charge in [0, 0.05) is 12.8 Å². The monoisotopic (exact) mass is 528 g/mol. The van der Waals surface area contributed by atoms with Crippen LogP contribution < -0.4 is 0 Å². The molecule has 38 heavy (non-hydrogen) atoms. The molecule has 0 heterocycles. The van der Waals surface area contributed by atoms with Crippen molar-refractivity contribution in [2.75, 3.05) is 0 Å². The SMILES string of the molecule is CC/C=C\C/C=C\C/C=C\C/C=C\C(CCCCCC(=O)O)OC(=O)CCCCCCC/C=C\CCCC. The first-order chi connectivity index (χ1) is 18.6. The Kier molecular flexibility index (Phi) is 27.4. The number of carboxylic acids is 1. The van der Waals surface area contributed by atoms with Crippen molar-refractivity contribution in [3.05, 3.63) is 60.8 Å². The van der Waals surface area contributed by atoms with Gasteiger partial charge in [0.1, 0.15) is 6.10 Å². The maximum absolute atomic E-state index is 12.4. The van der Waals surface area contributed by atoms with E-state index < -0.39 is 5.97 Å². The highest BCUT2D eigenvalue weighted by molar-refractivity contribution is 5.69. The van der Waals surface area contributed by atoms with Crippen LogP contribution in [0.15, 0.2) is 60.8 Å². The summed E-state index contributed by atoms with van der Waals surface area (Å²) in [5.74, 6) is -0.878. The fourth-order valence-electron chi connectivity index (χ4n) is 3.95. The minimum Gasteiger partial charge on any atom is -0.481 e. The van der Waals surface area contributed by atoms with Gasteiger partial charge < -0.3 is 9.84 Å². The maximum atomic E-state index is 12.4. The Balaban J connectivity index is 4.26. The van der Waals surface area contributed by atoms with Gasteiger partial charge in [-0.2, -0.15) is 0 Å². The van der Waals surface area contributed by atoms with Crippen LogP contribution in [0.25, 0.3) is 0 Å². The third-order valence-corrected chi connectivity index (χ3v) is 6.21. The summed E-state index contributed by atoms with van der Waals surface area (Å²) in [5, 5.41) is 8.82. The molecule has 0 amide bonds. The van der Waals surface area contributed by atoms with Crippen molar-refractivity contribution in [2.24, 2.45) is 0 Å². The summed E-state index contributed by atoms with van der Waals surface area (Å²) >= 11 is 0. The Morgan fingerprint density at radius 1 is 0.632 bits per heavy atom. The Morgan fingerprint density at radius 3 is 1.84 bits per heavy atom. The number of hydrogen-bond donors (Lipinski definition) is 1. The van der Waals surface area contributed by atoms with Crippen molar-refractivity contribution in [2.45, 2.75) is 142 Å².